The van der Waals surface area contributed by atoms with E-state index in [2.05, 4.69) is 59.3 Å². The number of nitriles is 1. The molecule has 146 valence electrons. The molecule has 4 rings (SSSR count). The molecule has 0 amide bonds. The van der Waals surface area contributed by atoms with Crippen molar-refractivity contribution < 1.29 is 4.52 Å². The number of nitrogens with one attached hydrogen (secondary N) is 1. The van der Waals surface area contributed by atoms with Crippen LogP contribution in [-0.2, 0) is 0 Å². The Hall–Kier alpha value is -3.73. The van der Waals surface area contributed by atoms with Crippen LogP contribution in [0.25, 0.3) is 28.2 Å². The molecule has 8 heteroatoms. The van der Waals surface area contributed by atoms with Crippen LogP contribution in [0.4, 0.5) is 5.69 Å². The number of hydrogen-bond donors (Lipinski definition) is 1. The molecule has 0 aliphatic rings. The van der Waals surface area contributed by atoms with E-state index in [4.69, 9.17) is 9.78 Å². The molecule has 0 atom stereocenters. The van der Waals surface area contributed by atoms with Gasteiger partial charge in [-0.15, -0.1) is 0 Å². The van der Waals surface area contributed by atoms with E-state index in [1.54, 1.807) is 23.1 Å². The van der Waals surface area contributed by atoms with Crippen LogP contribution < -0.4 is 5.32 Å². The third-order valence-corrected chi connectivity index (χ3v) is 4.47. The van der Waals surface area contributed by atoms with Gasteiger partial charge < -0.3 is 9.84 Å². The van der Waals surface area contributed by atoms with Gasteiger partial charge in [0.25, 0.3) is 0 Å². The zero-order valence-electron chi connectivity index (χ0n) is 16.7. The highest BCUT2D eigenvalue weighted by molar-refractivity contribution is 5.79. The molecule has 1 N–H and O–H groups in total. The number of pyridine rings is 2. The van der Waals surface area contributed by atoms with Gasteiger partial charge in [-0.2, -0.15) is 15.0 Å². The van der Waals surface area contributed by atoms with E-state index in [1.807, 2.05) is 12.1 Å². The van der Waals surface area contributed by atoms with Gasteiger partial charge >= 0.3 is 0 Å². The molecule has 29 heavy (non-hydrogen) atoms. The van der Waals surface area contributed by atoms with Gasteiger partial charge in [-0.25, -0.2) is 9.97 Å². The molecule has 4 heterocycles. The Morgan fingerprint density at radius 1 is 1.07 bits per heavy atom. The fourth-order valence-corrected chi connectivity index (χ4v) is 3.02. The van der Waals surface area contributed by atoms with Crippen molar-refractivity contribution in [2.75, 3.05) is 5.32 Å². The van der Waals surface area contributed by atoms with E-state index in [1.165, 1.54) is 6.20 Å². The first-order valence-electron chi connectivity index (χ1n) is 9.44. The van der Waals surface area contributed by atoms with Gasteiger partial charge in [0, 0.05) is 36.0 Å². The van der Waals surface area contributed by atoms with E-state index in [9.17, 15) is 0 Å². The molecule has 0 radical (unpaired) electrons. The van der Waals surface area contributed by atoms with Crippen LogP contribution in [0.1, 0.15) is 44.9 Å². The first-order chi connectivity index (χ1) is 14.0. The molecule has 0 aliphatic heterocycles. The lowest BCUT2D eigenvalue weighted by molar-refractivity contribution is 0.420. The van der Waals surface area contributed by atoms with Crippen molar-refractivity contribution >= 4 is 16.7 Å². The Bertz CT molecular complexity index is 1210. The van der Waals surface area contributed by atoms with Crippen LogP contribution >= 0.6 is 0 Å². The Morgan fingerprint density at radius 2 is 1.90 bits per heavy atom. The second-order valence-corrected chi connectivity index (χ2v) is 7.46. The van der Waals surface area contributed by atoms with E-state index < -0.39 is 0 Å². The number of hydrogen-bond acceptors (Lipinski definition) is 7. The van der Waals surface area contributed by atoms with Crippen molar-refractivity contribution in [1.82, 2.24) is 24.9 Å². The van der Waals surface area contributed by atoms with Crippen molar-refractivity contribution in [3.8, 4) is 23.2 Å². The van der Waals surface area contributed by atoms with E-state index in [0.717, 1.165) is 22.3 Å². The first kappa shape index (κ1) is 18.6. The summed E-state index contributed by atoms with van der Waals surface area (Å²) in [4.78, 5) is 8.95. The third-order valence-electron chi connectivity index (χ3n) is 4.47. The molecular weight excluding hydrogens is 366 g/mol. The van der Waals surface area contributed by atoms with Gasteiger partial charge in [-0.05, 0) is 25.8 Å². The lowest BCUT2D eigenvalue weighted by atomic mass is 10.1. The van der Waals surface area contributed by atoms with Gasteiger partial charge in [0.1, 0.15) is 6.07 Å². The van der Waals surface area contributed by atoms with Crippen LogP contribution in [-0.4, -0.2) is 30.9 Å². The van der Waals surface area contributed by atoms with Gasteiger partial charge in [0.15, 0.2) is 17.2 Å². The largest absolute Gasteiger partial charge is 0.382 e. The van der Waals surface area contributed by atoms with Crippen molar-refractivity contribution in [3.05, 3.63) is 48.0 Å². The Labute approximate surface area is 168 Å². The number of anilines is 1. The normalized spacial score (nSPS) is 11.3. The second-order valence-electron chi connectivity index (χ2n) is 7.46. The van der Waals surface area contributed by atoms with Crippen molar-refractivity contribution in [3.63, 3.8) is 0 Å². The highest BCUT2D eigenvalue weighted by Crippen LogP contribution is 2.31. The second kappa shape index (κ2) is 7.36. The van der Waals surface area contributed by atoms with Crippen molar-refractivity contribution in [1.29, 1.82) is 5.26 Å². The summed E-state index contributed by atoms with van der Waals surface area (Å²) in [6, 6.07) is 7.92. The van der Waals surface area contributed by atoms with Crippen molar-refractivity contribution in [2.45, 2.75) is 39.7 Å². The highest BCUT2D eigenvalue weighted by Gasteiger charge is 2.17. The fourth-order valence-electron chi connectivity index (χ4n) is 3.02. The van der Waals surface area contributed by atoms with E-state index in [-0.39, 0.29) is 12.0 Å². The maximum Gasteiger partial charge on any atom is 0.170 e. The summed E-state index contributed by atoms with van der Waals surface area (Å²) < 4.78 is 7.22. The summed E-state index contributed by atoms with van der Waals surface area (Å²) in [5.74, 6) is 1.56. The van der Waals surface area contributed by atoms with Crippen LogP contribution in [0.2, 0.25) is 0 Å². The zero-order valence-corrected chi connectivity index (χ0v) is 16.7. The molecular formula is C21H21N7O. The Balaban J connectivity index is 1.81. The maximum atomic E-state index is 9.06. The third kappa shape index (κ3) is 3.55. The molecule has 0 fully saturated rings. The van der Waals surface area contributed by atoms with Gasteiger partial charge in [0.2, 0.25) is 0 Å². The van der Waals surface area contributed by atoms with Gasteiger partial charge in [-0.1, -0.05) is 19.0 Å². The molecule has 8 nitrogen and oxygen atoms in total. The SMILES string of the molecule is CC(C)Nc1cc(-n2ncc3cc(C#N)cnc32)ncc1-c1cc(C(C)C)no1. The van der Waals surface area contributed by atoms with Crippen molar-refractivity contribution in [2.24, 2.45) is 0 Å². The number of fused-ring (bicyclic) bond motifs is 1. The molecule has 4 aromatic heterocycles. The number of nitrogens with zero attached hydrogens (tertiary/aromatic N) is 6. The van der Waals surface area contributed by atoms with Crippen LogP contribution in [0.5, 0.6) is 0 Å². The molecule has 0 bridgehead atoms. The average Bonchev–Trinajstić information content (AvgIpc) is 3.34. The smallest absolute Gasteiger partial charge is 0.170 e. The van der Waals surface area contributed by atoms with Gasteiger partial charge in [0.05, 0.1) is 28.7 Å². The summed E-state index contributed by atoms with van der Waals surface area (Å²) in [5.41, 5.74) is 3.73. The summed E-state index contributed by atoms with van der Waals surface area (Å²) in [5, 5.41) is 21.9. The first-order valence-corrected chi connectivity index (χ1v) is 9.44. The average molecular weight is 387 g/mol. The quantitative estimate of drug-likeness (QED) is 0.544. The predicted molar refractivity (Wildman–Crippen MR) is 110 cm³/mol. The molecule has 0 saturated heterocycles. The lowest BCUT2D eigenvalue weighted by Gasteiger charge is -2.14. The van der Waals surface area contributed by atoms with E-state index in [0.29, 0.717) is 22.8 Å². The summed E-state index contributed by atoms with van der Waals surface area (Å²) in [7, 11) is 0. The topological polar surface area (TPSA) is 105 Å². The predicted octanol–water partition coefficient (Wildman–Crippen LogP) is 4.29. The minimum atomic E-state index is 0.210. The maximum absolute atomic E-state index is 9.06. The molecule has 4 aromatic rings. The summed E-state index contributed by atoms with van der Waals surface area (Å²) >= 11 is 0. The van der Waals surface area contributed by atoms with Crippen LogP contribution in [0.15, 0.2) is 41.3 Å². The minimum absolute atomic E-state index is 0.210. The van der Waals surface area contributed by atoms with Crippen LogP contribution in [0, 0.1) is 11.3 Å². The monoisotopic (exact) mass is 387 g/mol. The van der Waals surface area contributed by atoms with E-state index >= 15 is 0 Å². The lowest BCUT2D eigenvalue weighted by Crippen LogP contribution is -2.12. The highest BCUT2D eigenvalue weighted by atomic mass is 16.5. The summed E-state index contributed by atoms with van der Waals surface area (Å²) in [6.45, 7) is 8.28. The molecule has 0 spiro atoms. The fraction of sp³-hybridized carbons (Fsp3) is 0.286. The number of aromatic nitrogens is 5. The van der Waals surface area contributed by atoms with Gasteiger partial charge in [-0.3, -0.25) is 0 Å². The Kier molecular flexibility index (Phi) is 4.72. The zero-order chi connectivity index (χ0) is 20.5. The number of rotatable bonds is 5. The molecule has 0 saturated carbocycles. The molecule has 0 aromatic carbocycles. The van der Waals surface area contributed by atoms with Crippen LogP contribution in [0.3, 0.4) is 0 Å². The summed E-state index contributed by atoms with van der Waals surface area (Å²) in [6.07, 6.45) is 4.96. The Morgan fingerprint density at radius 3 is 2.59 bits per heavy atom. The minimum Gasteiger partial charge on any atom is -0.382 e. The molecule has 0 aliphatic carbocycles. The standard InChI is InChI=1S/C21H21N7O/c1-12(2)17-6-19(29-27-17)16-11-23-20(7-18(16)26-13(3)4)28-21-15(10-25-28)5-14(8-22)9-24-21/h5-7,9-13H,1-4H3,(H,23,26). The molecule has 0 unspecified atom stereocenters.